The fourth-order valence-corrected chi connectivity index (χ4v) is 16.3. The molecule has 2 aliphatic rings. The number of thiophene rings is 1. The van der Waals surface area contributed by atoms with Crippen LogP contribution in [-0.4, -0.2) is 52.3 Å². The van der Waals surface area contributed by atoms with Crippen molar-refractivity contribution in [1.82, 2.24) is 14.1 Å². The van der Waals surface area contributed by atoms with Gasteiger partial charge in [0.25, 0.3) is 5.56 Å². The van der Waals surface area contributed by atoms with Gasteiger partial charge in [-0.2, -0.15) is 0 Å². The van der Waals surface area contributed by atoms with E-state index in [0.29, 0.717) is 38.7 Å². The fourth-order valence-electron chi connectivity index (χ4n) is 10.6. The summed E-state index contributed by atoms with van der Waals surface area (Å²) in [4.78, 5) is 51.4. The zero-order chi connectivity index (χ0) is 45.6. The molecule has 0 bridgehead atoms. The van der Waals surface area contributed by atoms with Crippen molar-refractivity contribution in [2.75, 3.05) is 7.11 Å². The molecule has 3 aromatic carbocycles. The Hall–Kier alpha value is -5.08. The number of oxazole rings is 1. The van der Waals surface area contributed by atoms with E-state index in [1.54, 1.807) is 31.7 Å². The van der Waals surface area contributed by atoms with Gasteiger partial charge in [0, 0.05) is 5.56 Å². The van der Waals surface area contributed by atoms with Gasteiger partial charge in [-0.25, -0.2) is 14.3 Å². The zero-order valence-corrected chi connectivity index (χ0v) is 40.1. The molecular formula is C51H61N3O8SSi. The number of aromatic nitrogens is 3. The molecule has 0 spiro atoms. The van der Waals surface area contributed by atoms with Crippen LogP contribution in [0.4, 0.5) is 0 Å². The number of rotatable bonds is 15. The summed E-state index contributed by atoms with van der Waals surface area (Å²) in [7, 11) is -1.86. The van der Waals surface area contributed by atoms with Gasteiger partial charge >= 0.3 is 20.0 Å². The van der Waals surface area contributed by atoms with Crippen LogP contribution in [0.1, 0.15) is 104 Å². The van der Waals surface area contributed by atoms with Gasteiger partial charge in [-0.15, -0.1) is 11.3 Å². The SMILES string of the molecule is CCCCC1(O)C[C@H]2CC(OC(Cn3c(=O)n(C(C)(C)C(=O)O[Si](c4ccccc4)(c4ccccc4)C(C)(C)C)c(=O)c4c(C)c(-c5ncco5)sc43)c3ccccc3OC)C[C@H]2C1. The van der Waals surface area contributed by atoms with Gasteiger partial charge in [-0.3, -0.25) is 14.2 Å². The number of carbonyl (C=O) groups is 1. The van der Waals surface area contributed by atoms with Gasteiger partial charge in [0.15, 0.2) is 0 Å². The van der Waals surface area contributed by atoms with Crippen molar-refractivity contribution in [3.05, 3.63) is 129 Å². The molecule has 1 N–H and O–H groups in total. The van der Waals surface area contributed by atoms with Crippen LogP contribution in [0, 0.1) is 18.8 Å². The lowest BCUT2D eigenvalue weighted by Gasteiger charge is -2.43. The molecule has 2 fully saturated rings. The second kappa shape index (κ2) is 17.7. The Bertz CT molecular complexity index is 2670. The highest BCUT2D eigenvalue weighted by Crippen LogP contribution is 2.52. The van der Waals surface area contributed by atoms with Gasteiger partial charge in [0.2, 0.25) is 5.89 Å². The summed E-state index contributed by atoms with van der Waals surface area (Å²) in [6.45, 7) is 13.4. The highest BCUT2D eigenvalue weighted by atomic mass is 32.1. The maximum absolute atomic E-state index is 15.5. The third-order valence-electron chi connectivity index (χ3n) is 13.8. The molecule has 6 aromatic rings. The first-order valence-corrected chi connectivity index (χ1v) is 25.3. The van der Waals surface area contributed by atoms with Crippen molar-refractivity contribution >= 4 is 46.2 Å². The molecule has 0 amide bonds. The molecule has 64 heavy (non-hydrogen) atoms. The van der Waals surface area contributed by atoms with Gasteiger partial charge in [-0.1, -0.05) is 119 Å². The Morgan fingerprint density at radius 2 is 1.56 bits per heavy atom. The highest BCUT2D eigenvalue weighted by Gasteiger charge is 2.55. The van der Waals surface area contributed by atoms with Crippen molar-refractivity contribution in [2.24, 2.45) is 11.8 Å². The van der Waals surface area contributed by atoms with Crippen molar-refractivity contribution in [3.63, 3.8) is 0 Å². The van der Waals surface area contributed by atoms with E-state index in [1.165, 1.54) is 17.6 Å². The molecule has 3 heterocycles. The Labute approximate surface area is 380 Å². The van der Waals surface area contributed by atoms with Crippen molar-refractivity contribution < 1.29 is 28.2 Å². The number of ether oxygens (including phenoxy) is 2. The van der Waals surface area contributed by atoms with E-state index in [-0.39, 0.29) is 18.0 Å². The van der Waals surface area contributed by atoms with E-state index in [9.17, 15) is 5.11 Å². The van der Waals surface area contributed by atoms with E-state index in [4.69, 9.17) is 18.3 Å². The number of aliphatic hydroxyl groups is 1. The smallest absolute Gasteiger partial charge is 0.333 e. The summed E-state index contributed by atoms with van der Waals surface area (Å²) in [6.07, 6.45) is 8.18. The van der Waals surface area contributed by atoms with Gasteiger partial charge in [0.1, 0.15) is 28.5 Å². The predicted molar refractivity (Wildman–Crippen MR) is 254 cm³/mol. The highest BCUT2D eigenvalue weighted by molar-refractivity contribution is 7.22. The van der Waals surface area contributed by atoms with Crippen LogP contribution in [0.15, 0.2) is 111 Å². The Morgan fingerprint density at radius 3 is 2.12 bits per heavy atom. The van der Waals surface area contributed by atoms with Crippen LogP contribution < -0.4 is 26.4 Å². The fraction of sp³-hybridized carbons (Fsp3) is 0.451. The van der Waals surface area contributed by atoms with Gasteiger partial charge in [-0.05, 0) is 91.8 Å². The molecule has 0 saturated heterocycles. The molecule has 3 unspecified atom stereocenters. The summed E-state index contributed by atoms with van der Waals surface area (Å²) in [5.41, 5.74) is -2.36. The summed E-state index contributed by atoms with van der Waals surface area (Å²) in [6, 6.07) is 27.3. The van der Waals surface area contributed by atoms with Crippen molar-refractivity contribution in [2.45, 2.75) is 128 Å². The molecule has 0 aliphatic heterocycles. The second-order valence-electron chi connectivity index (χ2n) is 19.4. The zero-order valence-electron chi connectivity index (χ0n) is 38.3. The number of para-hydroxylation sites is 1. The van der Waals surface area contributed by atoms with E-state index in [1.807, 2.05) is 91.9 Å². The van der Waals surface area contributed by atoms with E-state index >= 15 is 14.4 Å². The standard InChI is InChI=1S/C51H61N3O8SSi/c1-9-10-25-51(58)30-34-28-36(29-35(34)31-51)61-41(39-23-17-18-24-40(39)59-8)32-53-46-42(33(2)43(63-46)44-52-26-27-60-44)45(55)54(48(53)57)50(6,7)47(56)62-64(49(3,4)5,37-19-13-11-14-20-37)38-21-15-12-16-22-38/h11-24,26-27,34-36,41,58H,9-10,25,28-32H2,1-8H3/t34-,35+,36?,41?,51?. The molecule has 5 atom stereocenters. The number of hydrogen-bond donors (Lipinski definition) is 1. The van der Waals surface area contributed by atoms with E-state index < -0.39 is 47.8 Å². The number of unbranched alkanes of at least 4 members (excludes halogenated alkanes) is 1. The third-order valence-corrected chi connectivity index (χ3v) is 20.0. The number of carbonyl (C=O) groups excluding carboxylic acids is 1. The monoisotopic (exact) mass is 903 g/mol. The number of methoxy groups -OCH3 is 1. The third kappa shape index (κ3) is 8.13. The molecule has 338 valence electrons. The minimum atomic E-state index is -3.47. The average molecular weight is 904 g/mol. The number of aryl methyl sites for hydroxylation is 1. The minimum Gasteiger partial charge on any atom is -0.508 e. The predicted octanol–water partition coefficient (Wildman–Crippen LogP) is 8.90. The molecule has 2 saturated carbocycles. The molecule has 13 heteroatoms. The first-order chi connectivity index (χ1) is 30.5. The number of nitrogens with zero attached hydrogens (tertiary/aromatic N) is 3. The van der Waals surface area contributed by atoms with Crippen LogP contribution in [0.2, 0.25) is 5.04 Å². The van der Waals surface area contributed by atoms with Gasteiger partial charge < -0.3 is 23.4 Å². The lowest BCUT2D eigenvalue weighted by atomic mass is 9.92. The van der Waals surface area contributed by atoms with E-state index in [2.05, 4.69) is 32.7 Å². The summed E-state index contributed by atoms with van der Waals surface area (Å²) in [5, 5.41) is 13.0. The summed E-state index contributed by atoms with van der Waals surface area (Å²) in [5.74, 6) is 0.915. The molecule has 0 radical (unpaired) electrons. The first kappa shape index (κ1) is 45.5. The Kier molecular flexibility index (Phi) is 12.6. The Morgan fingerprint density at radius 1 is 0.953 bits per heavy atom. The van der Waals surface area contributed by atoms with Crippen LogP contribution in [0.5, 0.6) is 5.75 Å². The molecular weight excluding hydrogens is 843 g/mol. The maximum atomic E-state index is 15.5. The van der Waals surface area contributed by atoms with Gasteiger partial charge in [0.05, 0.1) is 41.8 Å². The lowest BCUT2D eigenvalue weighted by molar-refractivity contribution is -0.144. The summed E-state index contributed by atoms with van der Waals surface area (Å²) >= 11 is 1.25. The van der Waals surface area contributed by atoms with Crippen molar-refractivity contribution in [1.29, 1.82) is 0 Å². The maximum Gasteiger partial charge on any atom is 0.333 e. The van der Waals surface area contributed by atoms with Crippen LogP contribution in [0.3, 0.4) is 0 Å². The normalized spacial score (nSPS) is 20.7. The average Bonchev–Trinajstić information content (AvgIpc) is 4.07. The molecule has 8 rings (SSSR count). The lowest BCUT2D eigenvalue weighted by Crippen LogP contribution is -2.69. The van der Waals surface area contributed by atoms with E-state index in [0.717, 1.165) is 65.4 Å². The van der Waals surface area contributed by atoms with Crippen molar-refractivity contribution in [3.8, 4) is 16.5 Å². The Balaban J connectivity index is 1.26. The molecule has 11 nitrogen and oxygen atoms in total. The first-order valence-electron chi connectivity index (χ1n) is 22.6. The second-order valence-corrected chi connectivity index (χ2v) is 24.7. The van der Waals surface area contributed by atoms with Crippen LogP contribution in [-0.2, 0) is 26.0 Å². The van der Waals surface area contributed by atoms with Crippen LogP contribution in [0.25, 0.3) is 21.0 Å². The minimum absolute atomic E-state index is 0.00701. The van der Waals surface area contributed by atoms with Crippen LogP contribution >= 0.6 is 11.3 Å². The summed E-state index contributed by atoms with van der Waals surface area (Å²) < 4.78 is 28.4. The largest absolute Gasteiger partial charge is 0.508 e. The molecule has 2 aliphatic carbocycles. The topological polar surface area (TPSA) is 135 Å². The number of hydrogen-bond acceptors (Lipinski definition) is 10. The number of fused-ring (bicyclic) bond motifs is 2. The quantitative estimate of drug-likeness (QED) is 0.100. The number of benzene rings is 3. The molecule has 3 aromatic heterocycles.